The van der Waals surface area contributed by atoms with Crippen molar-refractivity contribution in [3.8, 4) is 0 Å². The molecule has 0 bridgehead atoms. The lowest BCUT2D eigenvalue weighted by Crippen LogP contribution is -2.59. The van der Waals surface area contributed by atoms with E-state index in [1.54, 1.807) is 34.6 Å². The third-order valence-corrected chi connectivity index (χ3v) is 4.09. The molecule has 4 atom stereocenters. The zero-order valence-electron chi connectivity index (χ0n) is 16.8. The summed E-state index contributed by atoms with van der Waals surface area (Å²) in [6.45, 7) is 12.4. The minimum atomic E-state index is -0.818. The molecule has 8 nitrogen and oxygen atoms in total. The van der Waals surface area contributed by atoms with Crippen molar-refractivity contribution in [1.82, 2.24) is 16.0 Å². The lowest BCUT2D eigenvalue weighted by Gasteiger charge is -2.28. The Morgan fingerprint density at radius 2 is 1.08 bits per heavy atom. The molecule has 0 spiro atoms. The van der Waals surface area contributed by atoms with Crippen LogP contribution in [0.25, 0.3) is 0 Å². The summed E-state index contributed by atoms with van der Waals surface area (Å²) in [5, 5.41) is 7.88. The predicted octanol–water partition coefficient (Wildman–Crippen LogP) is -0.0451. The average Bonchev–Trinajstić information content (AvgIpc) is 2.54. The van der Waals surface area contributed by atoms with Crippen LogP contribution in [0.4, 0.5) is 0 Å². The average molecular weight is 370 g/mol. The molecule has 0 aliphatic heterocycles. The first-order valence-corrected chi connectivity index (χ1v) is 9.04. The van der Waals surface area contributed by atoms with Gasteiger partial charge in [0.1, 0.15) is 18.4 Å². The second-order valence-corrected chi connectivity index (χ2v) is 7.66. The first-order valence-electron chi connectivity index (χ1n) is 9.04. The SMILES string of the molecule is CC(C)[C@H](N)C(=O)N[C@H](C(=O)N[C@H](C(=O)N[C@@H](C)C=O)C(C)C)C(C)C. The fourth-order valence-corrected chi connectivity index (χ4v) is 2.21. The molecule has 3 amide bonds. The van der Waals surface area contributed by atoms with Gasteiger partial charge in [0, 0.05) is 0 Å². The molecule has 0 rings (SSSR count). The Morgan fingerprint density at radius 1 is 0.692 bits per heavy atom. The van der Waals surface area contributed by atoms with Crippen molar-refractivity contribution < 1.29 is 19.2 Å². The molecule has 0 aliphatic rings. The molecule has 0 unspecified atom stereocenters. The summed E-state index contributed by atoms with van der Waals surface area (Å²) in [5.41, 5.74) is 5.84. The van der Waals surface area contributed by atoms with Crippen LogP contribution in [0.5, 0.6) is 0 Å². The Labute approximate surface area is 156 Å². The number of rotatable bonds is 10. The summed E-state index contributed by atoms with van der Waals surface area (Å²) in [6, 6.07) is -3.00. The van der Waals surface area contributed by atoms with Gasteiger partial charge >= 0.3 is 0 Å². The zero-order valence-corrected chi connectivity index (χ0v) is 16.8. The molecule has 26 heavy (non-hydrogen) atoms. The van der Waals surface area contributed by atoms with Crippen molar-refractivity contribution >= 4 is 24.0 Å². The quantitative estimate of drug-likeness (QED) is 0.401. The van der Waals surface area contributed by atoms with Gasteiger partial charge in [0.2, 0.25) is 17.7 Å². The number of hydrogen-bond donors (Lipinski definition) is 4. The molecule has 8 heteroatoms. The van der Waals surface area contributed by atoms with Crippen LogP contribution in [0, 0.1) is 17.8 Å². The normalized spacial score (nSPS) is 16.0. The van der Waals surface area contributed by atoms with E-state index in [0.717, 1.165) is 0 Å². The van der Waals surface area contributed by atoms with Crippen LogP contribution in [0.3, 0.4) is 0 Å². The fraction of sp³-hybridized carbons (Fsp3) is 0.778. The Kier molecular flexibility index (Phi) is 10.1. The molecule has 0 fully saturated rings. The van der Waals surface area contributed by atoms with Crippen molar-refractivity contribution in [1.29, 1.82) is 0 Å². The standard InChI is InChI=1S/C18H34N4O4/c1-9(2)13(19)16(24)21-15(11(5)6)18(26)22-14(10(3)4)17(25)20-12(7)8-23/h8-15H,19H2,1-7H3,(H,20,25)(H,21,24)(H,22,26)/t12-,13-,14-,15-/m0/s1. The molecule has 0 aromatic carbocycles. The van der Waals surface area contributed by atoms with Crippen LogP contribution in [0.15, 0.2) is 0 Å². The lowest BCUT2D eigenvalue weighted by atomic mass is 9.98. The minimum Gasteiger partial charge on any atom is -0.345 e. The molecular formula is C18H34N4O4. The third kappa shape index (κ3) is 7.51. The van der Waals surface area contributed by atoms with Crippen LogP contribution < -0.4 is 21.7 Å². The van der Waals surface area contributed by atoms with Gasteiger partial charge in [-0.05, 0) is 24.7 Å². The number of nitrogens with two attached hydrogens (primary N) is 1. The van der Waals surface area contributed by atoms with Gasteiger partial charge in [0.15, 0.2) is 0 Å². The second-order valence-electron chi connectivity index (χ2n) is 7.66. The van der Waals surface area contributed by atoms with Crippen molar-refractivity contribution in [2.75, 3.05) is 0 Å². The van der Waals surface area contributed by atoms with Gasteiger partial charge < -0.3 is 26.5 Å². The number of amides is 3. The fourth-order valence-electron chi connectivity index (χ4n) is 2.21. The van der Waals surface area contributed by atoms with Crippen LogP contribution in [-0.4, -0.2) is 48.2 Å². The van der Waals surface area contributed by atoms with Crippen molar-refractivity contribution in [3.05, 3.63) is 0 Å². The summed E-state index contributed by atoms with van der Waals surface area (Å²) < 4.78 is 0. The van der Waals surface area contributed by atoms with E-state index < -0.39 is 41.9 Å². The van der Waals surface area contributed by atoms with Crippen molar-refractivity contribution in [3.63, 3.8) is 0 Å². The molecule has 0 aromatic rings. The molecule has 0 aromatic heterocycles. The van der Waals surface area contributed by atoms with Crippen LogP contribution >= 0.6 is 0 Å². The lowest BCUT2D eigenvalue weighted by molar-refractivity contribution is -0.134. The van der Waals surface area contributed by atoms with E-state index in [0.29, 0.717) is 6.29 Å². The van der Waals surface area contributed by atoms with Gasteiger partial charge in [-0.2, -0.15) is 0 Å². The monoisotopic (exact) mass is 370 g/mol. The number of hydrogen-bond acceptors (Lipinski definition) is 5. The Morgan fingerprint density at radius 3 is 1.42 bits per heavy atom. The summed E-state index contributed by atoms with van der Waals surface area (Å²) in [5.74, 6) is -1.77. The van der Waals surface area contributed by atoms with Crippen LogP contribution in [0.1, 0.15) is 48.5 Å². The van der Waals surface area contributed by atoms with Gasteiger partial charge in [-0.1, -0.05) is 41.5 Å². The highest BCUT2D eigenvalue weighted by molar-refractivity contribution is 5.93. The van der Waals surface area contributed by atoms with E-state index in [1.807, 2.05) is 13.8 Å². The number of aldehydes is 1. The topological polar surface area (TPSA) is 130 Å². The largest absolute Gasteiger partial charge is 0.345 e. The molecular weight excluding hydrogens is 336 g/mol. The minimum absolute atomic E-state index is 0.0649. The summed E-state index contributed by atoms with van der Waals surface area (Å²) >= 11 is 0. The molecule has 0 heterocycles. The summed E-state index contributed by atoms with van der Waals surface area (Å²) in [7, 11) is 0. The maximum absolute atomic E-state index is 12.7. The van der Waals surface area contributed by atoms with Gasteiger partial charge in [-0.15, -0.1) is 0 Å². The van der Waals surface area contributed by atoms with Crippen molar-refractivity contribution in [2.24, 2.45) is 23.5 Å². The van der Waals surface area contributed by atoms with Gasteiger partial charge in [-0.3, -0.25) is 14.4 Å². The second kappa shape index (κ2) is 10.9. The van der Waals surface area contributed by atoms with E-state index in [-0.39, 0.29) is 17.8 Å². The van der Waals surface area contributed by atoms with E-state index in [4.69, 9.17) is 5.73 Å². The maximum atomic E-state index is 12.7. The van der Waals surface area contributed by atoms with Crippen molar-refractivity contribution in [2.45, 2.75) is 72.6 Å². The number of carbonyl (C=O) groups excluding carboxylic acids is 4. The summed E-state index contributed by atoms with van der Waals surface area (Å²) in [6.07, 6.45) is 0.613. The van der Waals surface area contributed by atoms with E-state index in [1.165, 1.54) is 0 Å². The highest BCUT2D eigenvalue weighted by Gasteiger charge is 2.32. The van der Waals surface area contributed by atoms with Crippen LogP contribution in [0.2, 0.25) is 0 Å². The first-order chi connectivity index (χ1) is 11.9. The zero-order chi connectivity index (χ0) is 20.6. The van der Waals surface area contributed by atoms with E-state index in [9.17, 15) is 19.2 Å². The Bertz CT molecular complexity index is 505. The highest BCUT2D eigenvalue weighted by Crippen LogP contribution is 2.08. The maximum Gasteiger partial charge on any atom is 0.243 e. The molecule has 0 radical (unpaired) electrons. The molecule has 5 N–H and O–H groups in total. The number of nitrogens with one attached hydrogen (secondary N) is 3. The first kappa shape index (κ1) is 24.0. The summed E-state index contributed by atoms with van der Waals surface area (Å²) in [4.78, 5) is 47.9. The molecule has 0 aliphatic carbocycles. The number of carbonyl (C=O) groups is 4. The molecule has 0 saturated heterocycles. The Balaban J connectivity index is 5.18. The van der Waals surface area contributed by atoms with Crippen LogP contribution in [-0.2, 0) is 19.2 Å². The van der Waals surface area contributed by atoms with E-state index in [2.05, 4.69) is 16.0 Å². The van der Waals surface area contributed by atoms with Gasteiger partial charge in [0.25, 0.3) is 0 Å². The third-order valence-electron chi connectivity index (χ3n) is 4.09. The van der Waals surface area contributed by atoms with Gasteiger partial charge in [-0.25, -0.2) is 0 Å². The van der Waals surface area contributed by atoms with Gasteiger partial charge in [0.05, 0.1) is 12.1 Å². The molecule has 150 valence electrons. The highest BCUT2D eigenvalue weighted by atomic mass is 16.2. The molecule has 0 saturated carbocycles. The Hall–Kier alpha value is -1.96. The predicted molar refractivity (Wildman–Crippen MR) is 100 cm³/mol. The van der Waals surface area contributed by atoms with E-state index >= 15 is 0 Å². The smallest absolute Gasteiger partial charge is 0.243 e.